The van der Waals surface area contributed by atoms with E-state index in [1.54, 1.807) is 0 Å². The van der Waals surface area contributed by atoms with Crippen LogP contribution in [0.3, 0.4) is 0 Å². The van der Waals surface area contributed by atoms with Gasteiger partial charge in [-0.15, -0.1) is 11.3 Å². The Morgan fingerprint density at radius 1 is 0.947 bits per heavy atom. The van der Waals surface area contributed by atoms with Crippen molar-refractivity contribution in [1.82, 2.24) is 0 Å². The number of benzene rings is 4. The van der Waals surface area contributed by atoms with Gasteiger partial charge in [0.05, 0.1) is 11.8 Å². The standard InChI is InChI=1S/C33H31BrO3S/c1-19(2)26-18-23(15-16-27(26)37-28(33(35)36-5)17-22-11-7-6-8-12-22)30-24-13-9-10-14-25(24)31(34)32-29(30)20(3)21(4)38-32/h6-16,18-19,28H,17H2,1-5H3. The van der Waals surface area contributed by atoms with Gasteiger partial charge < -0.3 is 9.47 Å². The Morgan fingerprint density at radius 3 is 2.32 bits per heavy atom. The van der Waals surface area contributed by atoms with Gasteiger partial charge in [0.2, 0.25) is 0 Å². The van der Waals surface area contributed by atoms with E-state index in [2.05, 4.69) is 80.0 Å². The predicted octanol–water partition coefficient (Wildman–Crippen LogP) is 9.39. The Kier molecular flexibility index (Phi) is 7.60. The average Bonchev–Trinajstić information content (AvgIpc) is 3.23. The van der Waals surface area contributed by atoms with Crippen LogP contribution in [-0.4, -0.2) is 19.2 Å². The number of carbonyl (C=O) groups excluding carboxylic acids is 1. The van der Waals surface area contributed by atoms with E-state index in [1.807, 2.05) is 47.7 Å². The number of hydrogen-bond acceptors (Lipinski definition) is 4. The second kappa shape index (κ2) is 10.9. The molecule has 3 nitrogen and oxygen atoms in total. The third-order valence-corrected chi connectivity index (χ3v) is 9.50. The minimum atomic E-state index is -0.729. The maximum absolute atomic E-state index is 12.7. The highest BCUT2D eigenvalue weighted by Gasteiger charge is 2.25. The Hall–Kier alpha value is -3.15. The van der Waals surface area contributed by atoms with Crippen molar-refractivity contribution < 1.29 is 14.3 Å². The molecule has 0 N–H and O–H groups in total. The van der Waals surface area contributed by atoms with Crippen LogP contribution in [0.4, 0.5) is 0 Å². The molecule has 0 saturated heterocycles. The van der Waals surface area contributed by atoms with Crippen LogP contribution < -0.4 is 4.74 Å². The van der Waals surface area contributed by atoms with Crippen molar-refractivity contribution in [2.75, 3.05) is 7.11 Å². The lowest BCUT2D eigenvalue weighted by Crippen LogP contribution is -2.31. The lowest BCUT2D eigenvalue weighted by atomic mass is 9.90. The number of methoxy groups -OCH3 is 1. The summed E-state index contributed by atoms with van der Waals surface area (Å²) in [5, 5.41) is 3.71. The minimum Gasteiger partial charge on any atom is -0.478 e. The normalized spacial score (nSPS) is 12.3. The van der Waals surface area contributed by atoms with Crippen molar-refractivity contribution in [3.05, 3.63) is 98.8 Å². The molecule has 1 atom stereocenters. The molecule has 0 fully saturated rings. The summed E-state index contributed by atoms with van der Waals surface area (Å²) >= 11 is 5.74. The summed E-state index contributed by atoms with van der Waals surface area (Å²) in [6.45, 7) is 8.72. The molecule has 0 saturated carbocycles. The summed E-state index contributed by atoms with van der Waals surface area (Å²) in [6.07, 6.45) is -0.286. The topological polar surface area (TPSA) is 35.5 Å². The Balaban J connectivity index is 1.65. The van der Waals surface area contributed by atoms with Crippen LogP contribution in [0.15, 0.2) is 77.3 Å². The van der Waals surface area contributed by atoms with Crippen molar-refractivity contribution >= 4 is 54.1 Å². The molecule has 5 heteroatoms. The zero-order valence-corrected chi connectivity index (χ0v) is 24.7. The van der Waals surface area contributed by atoms with E-state index < -0.39 is 6.10 Å². The first-order chi connectivity index (χ1) is 18.3. The molecule has 0 aliphatic heterocycles. The first-order valence-corrected chi connectivity index (χ1v) is 14.4. The van der Waals surface area contributed by atoms with Gasteiger partial charge in [-0.1, -0.05) is 74.5 Å². The second-order valence-electron chi connectivity index (χ2n) is 9.95. The van der Waals surface area contributed by atoms with Crippen LogP contribution in [0.25, 0.3) is 32.0 Å². The molecule has 0 aliphatic carbocycles. The van der Waals surface area contributed by atoms with Crippen LogP contribution in [0, 0.1) is 13.8 Å². The van der Waals surface area contributed by atoms with Crippen LogP contribution in [0.1, 0.15) is 41.3 Å². The van der Waals surface area contributed by atoms with Gasteiger partial charge in [-0.2, -0.15) is 0 Å². The third kappa shape index (κ3) is 4.85. The Labute approximate surface area is 236 Å². The number of thiophene rings is 1. The van der Waals surface area contributed by atoms with Crippen LogP contribution in [0.5, 0.6) is 5.75 Å². The van der Waals surface area contributed by atoms with Crippen LogP contribution in [-0.2, 0) is 16.0 Å². The van der Waals surface area contributed by atoms with Crippen molar-refractivity contribution in [3.8, 4) is 16.9 Å². The molecular weight excluding hydrogens is 556 g/mol. The van der Waals surface area contributed by atoms with Gasteiger partial charge in [-0.25, -0.2) is 4.79 Å². The van der Waals surface area contributed by atoms with Gasteiger partial charge in [0, 0.05) is 21.2 Å². The van der Waals surface area contributed by atoms with Gasteiger partial charge in [0.15, 0.2) is 6.10 Å². The Bertz CT molecular complexity index is 1640. The Morgan fingerprint density at radius 2 is 1.63 bits per heavy atom. The smallest absolute Gasteiger partial charge is 0.347 e. The molecule has 4 aromatic carbocycles. The summed E-state index contributed by atoms with van der Waals surface area (Å²) in [5.41, 5.74) is 5.79. The summed E-state index contributed by atoms with van der Waals surface area (Å²) in [4.78, 5) is 14.0. The first-order valence-electron chi connectivity index (χ1n) is 12.8. The lowest BCUT2D eigenvalue weighted by Gasteiger charge is -2.22. The van der Waals surface area contributed by atoms with E-state index in [0.717, 1.165) is 21.2 Å². The van der Waals surface area contributed by atoms with Gasteiger partial charge in [0.25, 0.3) is 0 Å². The summed E-state index contributed by atoms with van der Waals surface area (Å²) in [5.74, 6) is 0.533. The van der Waals surface area contributed by atoms with E-state index >= 15 is 0 Å². The molecule has 1 unspecified atom stereocenters. The van der Waals surface area contributed by atoms with Gasteiger partial charge in [-0.3, -0.25) is 0 Å². The number of rotatable bonds is 7. The predicted molar refractivity (Wildman–Crippen MR) is 163 cm³/mol. The fourth-order valence-corrected chi connectivity index (χ4v) is 6.99. The number of hydrogen-bond donors (Lipinski definition) is 0. The van der Waals surface area contributed by atoms with Crippen molar-refractivity contribution in [2.24, 2.45) is 0 Å². The average molecular weight is 588 g/mol. The fraction of sp³-hybridized carbons (Fsp3) is 0.242. The van der Waals surface area contributed by atoms with Gasteiger partial charge in [0.1, 0.15) is 5.75 Å². The molecular formula is C33H31BrO3S. The molecule has 0 amide bonds. The maximum Gasteiger partial charge on any atom is 0.347 e. The first kappa shape index (κ1) is 26.5. The molecule has 0 radical (unpaired) electrons. The monoisotopic (exact) mass is 586 g/mol. The zero-order chi connectivity index (χ0) is 27.0. The van der Waals surface area contributed by atoms with Crippen molar-refractivity contribution in [3.63, 3.8) is 0 Å². The zero-order valence-electron chi connectivity index (χ0n) is 22.3. The molecule has 1 heterocycles. The van der Waals surface area contributed by atoms with Crippen LogP contribution in [0.2, 0.25) is 0 Å². The minimum absolute atomic E-state index is 0.197. The highest BCUT2D eigenvalue weighted by molar-refractivity contribution is 9.11. The molecule has 5 rings (SSSR count). The molecule has 0 aliphatic rings. The van der Waals surface area contributed by atoms with Gasteiger partial charge in [-0.05, 0) is 86.4 Å². The number of esters is 1. The van der Waals surface area contributed by atoms with Gasteiger partial charge >= 0.3 is 5.97 Å². The number of carbonyl (C=O) groups is 1. The summed E-state index contributed by atoms with van der Waals surface area (Å²) in [7, 11) is 1.41. The largest absolute Gasteiger partial charge is 0.478 e. The van der Waals surface area contributed by atoms with Crippen molar-refractivity contribution in [2.45, 2.75) is 46.1 Å². The summed E-state index contributed by atoms with van der Waals surface area (Å²) in [6, 6.07) is 24.8. The summed E-state index contributed by atoms with van der Waals surface area (Å²) < 4.78 is 13.9. The highest BCUT2D eigenvalue weighted by atomic mass is 79.9. The lowest BCUT2D eigenvalue weighted by molar-refractivity contribution is -0.148. The van der Waals surface area contributed by atoms with E-state index in [9.17, 15) is 4.79 Å². The van der Waals surface area contributed by atoms with Crippen molar-refractivity contribution in [1.29, 1.82) is 0 Å². The highest BCUT2D eigenvalue weighted by Crippen LogP contribution is 2.47. The number of fused-ring (bicyclic) bond motifs is 2. The fourth-order valence-electron chi connectivity index (χ4n) is 5.08. The molecule has 38 heavy (non-hydrogen) atoms. The van der Waals surface area contributed by atoms with Crippen LogP contribution >= 0.6 is 27.3 Å². The number of aryl methyl sites for hydroxylation is 2. The number of ether oxygens (including phenoxy) is 2. The molecule has 194 valence electrons. The van der Waals surface area contributed by atoms with E-state index in [1.165, 1.54) is 44.0 Å². The van der Waals surface area contributed by atoms with E-state index in [4.69, 9.17) is 9.47 Å². The third-order valence-electron chi connectivity index (χ3n) is 7.19. The maximum atomic E-state index is 12.7. The number of halogens is 1. The molecule has 1 aromatic heterocycles. The molecule has 5 aromatic rings. The SMILES string of the molecule is COC(=O)C(Cc1ccccc1)Oc1ccc(-c2c3ccccc3c(Br)c3sc(C)c(C)c23)cc1C(C)C. The molecule has 0 bridgehead atoms. The second-order valence-corrected chi connectivity index (χ2v) is 12.0. The van der Waals surface area contributed by atoms with E-state index in [0.29, 0.717) is 12.2 Å². The molecule has 0 spiro atoms. The quantitative estimate of drug-likeness (QED) is 0.178. The van der Waals surface area contributed by atoms with E-state index in [-0.39, 0.29) is 11.9 Å².